The molecule has 2 rings (SSSR count). The molecule has 0 atom stereocenters. The van der Waals surface area contributed by atoms with Gasteiger partial charge in [0.25, 0.3) is 0 Å². The number of rotatable bonds is 2. The van der Waals surface area contributed by atoms with Crippen LogP contribution >= 0.6 is 11.6 Å². The van der Waals surface area contributed by atoms with E-state index in [-0.39, 0.29) is 5.75 Å². The van der Waals surface area contributed by atoms with Crippen molar-refractivity contribution in [2.45, 2.75) is 13.3 Å². The lowest BCUT2D eigenvalue weighted by Gasteiger charge is -2.08. The highest BCUT2D eigenvalue weighted by atomic mass is 35.5. The summed E-state index contributed by atoms with van der Waals surface area (Å²) in [5, 5.41) is 10.0. The van der Waals surface area contributed by atoms with E-state index in [0.29, 0.717) is 0 Å². The molecule has 0 bridgehead atoms. The number of phenols is 1. The first-order chi connectivity index (χ1) is 7.72. The van der Waals surface area contributed by atoms with Crippen LogP contribution in [0.25, 0.3) is 11.1 Å². The molecule has 1 nitrogen and oxygen atoms in total. The second-order valence-electron chi connectivity index (χ2n) is 3.68. The van der Waals surface area contributed by atoms with Gasteiger partial charge >= 0.3 is 0 Å². The van der Waals surface area contributed by atoms with Crippen LogP contribution < -0.4 is 0 Å². The van der Waals surface area contributed by atoms with Crippen LogP contribution in [0.1, 0.15) is 12.5 Å². The van der Waals surface area contributed by atoms with Crippen molar-refractivity contribution < 1.29 is 5.11 Å². The lowest BCUT2D eigenvalue weighted by molar-refractivity contribution is 0.475. The van der Waals surface area contributed by atoms with Crippen molar-refractivity contribution in [2.75, 3.05) is 0 Å². The maximum absolute atomic E-state index is 9.24. The summed E-state index contributed by atoms with van der Waals surface area (Å²) in [5.74, 6) is 0.270. The second kappa shape index (κ2) is 4.58. The number of phenolic OH excluding ortho intramolecular Hbond substituents is 1. The van der Waals surface area contributed by atoms with Crippen LogP contribution in [0.5, 0.6) is 5.75 Å². The monoisotopic (exact) mass is 232 g/mol. The van der Waals surface area contributed by atoms with E-state index in [1.807, 2.05) is 30.3 Å². The van der Waals surface area contributed by atoms with Crippen LogP contribution in [0.4, 0.5) is 0 Å². The van der Waals surface area contributed by atoms with Gasteiger partial charge in [-0.15, -0.1) is 0 Å². The first kappa shape index (κ1) is 11.0. The lowest BCUT2D eigenvalue weighted by atomic mass is 10.0. The van der Waals surface area contributed by atoms with Gasteiger partial charge in [-0.2, -0.15) is 0 Å². The van der Waals surface area contributed by atoms with Gasteiger partial charge in [-0.05, 0) is 29.7 Å². The summed E-state index contributed by atoms with van der Waals surface area (Å²) < 4.78 is 0. The number of halogens is 1. The highest BCUT2D eigenvalue weighted by Gasteiger charge is 2.06. The van der Waals surface area contributed by atoms with E-state index >= 15 is 0 Å². The average molecular weight is 233 g/mol. The number of aromatic hydroxyl groups is 1. The van der Waals surface area contributed by atoms with E-state index in [0.717, 1.165) is 28.1 Å². The van der Waals surface area contributed by atoms with Gasteiger partial charge in [-0.1, -0.05) is 48.9 Å². The van der Waals surface area contributed by atoms with Gasteiger partial charge in [0.05, 0.1) is 5.02 Å². The van der Waals surface area contributed by atoms with Crippen LogP contribution in [0, 0.1) is 0 Å². The summed E-state index contributed by atoms with van der Waals surface area (Å²) in [5.41, 5.74) is 3.19. The largest absolute Gasteiger partial charge is 0.508 e. The zero-order valence-electron chi connectivity index (χ0n) is 9.07. The van der Waals surface area contributed by atoms with E-state index in [2.05, 4.69) is 6.92 Å². The zero-order valence-corrected chi connectivity index (χ0v) is 9.83. The molecular weight excluding hydrogens is 220 g/mol. The van der Waals surface area contributed by atoms with Crippen LogP contribution in [-0.4, -0.2) is 5.11 Å². The third-order valence-electron chi connectivity index (χ3n) is 2.64. The summed E-state index contributed by atoms with van der Waals surface area (Å²) in [6, 6.07) is 13.1. The van der Waals surface area contributed by atoms with Gasteiger partial charge in [0, 0.05) is 5.56 Å². The quantitative estimate of drug-likeness (QED) is 0.820. The minimum absolute atomic E-state index is 0.270. The number of aryl methyl sites for hydroxylation is 1. The highest BCUT2D eigenvalue weighted by Crippen LogP contribution is 2.31. The molecule has 0 saturated carbocycles. The van der Waals surface area contributed by atoms with E-state index in [1.54, 1.807) is 12.1 Å². The molecule has 0 fully saturated rings. The molecule has 0 amide bonds. The molecule has 1 N–H and O–H groups in total. The predicted octanol–water partition coefficient (Wildman–Crippen LogP) is 4.28. The molecule has 2 heteroatoms. The molecule has 0 aliphatic heterocycles. The Kier molecular flexibility index (Phi) is 3.16. The third kappa shape index (κ3) is 2.05. The molecule has 0 aromatic heterocycles. The summed E-state index contributed by atoms with van der Waals surface area (Å²) in [4.78, 5) is 0. The fourth-order valence-corrected chi connectivity index (χ4v) is 2.09. The minimum Gasteiger partial charge on any atom is -0.508 e. The normalized spacial score (nSPS) is 10.4. The van der Waals surface area contributed by atoms with Crippen molar-refractivity contribution in [3.63, 3.8) is 0 Å². The number of benzene rings is 2. The summed E-state index contributed by atoms with van der Waals surface area (Å²) >= 11 is 6.32. The maximum Gasteiger partial charge on any atom is 0.115 e. The molecule has 0 unspecified atom stereocenters. The van der Waals surface area contributed by atoms with Gasteiger partial charge in [-0.25, -0.2) is 0 Å². The first-order valence-corrected chi connectivity index (χ1v) is 5.67. The van der Waals surface area contributed by atoms with Crippen molar-refractivity contribution in [3.05, 3.63) is 53.1 Å². The van der Waals surface area contributed by atoms with Crippen molar-refractivity contribution >= 4 is 11.6 Å². The Labute approximate surface area is 100 Å². The van der Waals surface area contributed by atoms with Crippen LogP contribution in [0.3, 0.4) is 0 Å². The predicted molar refractivity (Wildman–Crippen MR) is 67.9 cm³/mol. The standard InChI is InChI=1S/C14H13ClO/c1-2-10-4-3-5-13(14(10)15)11-6-8-12(16)9-7-11/h3-9,16H,2H2,1H3. The Balaban J connectivity index is 2.51. The molecule has 0 aliphatic rings. The Bertz CT molecular complexity index is 489. The van der Waals surface area contributed by atoms with Gasteiger partial charge in [0.1, 0.15) is 5.75 Å². The van der Waals surface area contributed by atoms with Crippen LogP contribution in [-0.2, 0) is 6.42 Å². The van der Waals surface area contributed by atoms with E-state index in [9.17, 15) is 5.11 Å². The molecule has 82 valence electrons. The lowest BCUT2D eigenvalue weighted by Crippen LogP contribution is -1.86. The molecule has 16 heavy (non-hydrogen) atoms. The van der Waals surface area contributed by atoms with Crippen LogP contribution in [0.2, 0.25) is 5.02 Å². The summed E-state index contributed by atoms with van der Waals surface area (Å²) in [6.45, 7) is 2.09. The fourth-order valence-electron chi connectivity index (χ4n) is 1.72. The Morgan fingerprint density at radius 3 is 2.38 bits per heavy atom. The molecule has 0 aliphatic carbocycles. The van der Waals surface area contributed by atoms with Gasteiger partial charge < -0.3 is 5.11 Å². The average Bonchev–Trinajstić information content (AvgIpc) is 2.31. The zero-order chi connectivity index (χ0) is 11.5. The van der Waals surface area contributed by atoms with Gasteiger partial charge in [0.15, 0.2) is 0 Å². The Morgan fingerprint density at radius 2 is 1.75 bits per heavy atom. The number of hydrogen-bond donors (Lipinski definition) is 1. The Morgan fingerprint density at radius 1 is 1.06 bits per heavy atom. The molecule has 0 saturated heterocycles. The highest BCUT2D eigenvalue weighted by molar-refractivity contribution is 6.34. The summed E-state index contributed by atoms with van der Waals surface area (Å²) in [7, 11) is 0. The third-order valence-corrected chi connectivity index (χ3v) is 3.08. The summed E-state index contributed by atoms with van der Waals surface area (Å²) in [6.07, 6.45) is 0.921. The van der Waals surface area contributed by atoms with Crippen molar-refractivity contribution in [1.82, 2.24) is 0 Å². The molecule has 2 aromatic carbocycles. The smallest absolute Gasteiger partial charge is 0.115 e. The van der Waals surface area contributed by atoms with Crippen LogP contribution in [0.15, 0.2) is 42.5 Å². The van der Waals surface area contributed by atoms with Gasteiger partial charge in [-0.3, -0.25) is 0 Å². The van der Waals surface area contributed by atoms with E-state index < -0.39 is 0 Å². The number of hydrogen-bond acceptors (Lipinski definition) is 1. The van der Waals surface area contributed by atoms with E-state index in [4.69, 9.17) is 11.6 Å². The SMILES string of the molecule is CCc1cccc(-c2ccc(O)cc2)c1Cl. The molecule has 2 aromatic rings. The molecule has 0 radical (unpaired) electrons. The fraction of sp³-hybridized carbons (Fsp3) is 0.143. The van der Waals surface area contributed by atoms with E-state index in [1.165, 1.54) is 0 Å². The molecular formula is C14H13ClO. The minimum atomic E-state index is 0.270. The molecule has 0 spiro atoms. The second-order valence-corrected chi connectivity index (χ2v) is 4.06. The van der Waals surface area contributed by atoms with Crippen molar-refractivity contribution in [1.29, 1.82) is 0 Å². The topological polar surface area (TPSA) is 20.2 Å². The maximum atomic E-state index is 9.24. The van der Waals surface area contributed by atoms with Gasteiger partial charge in [0.2, 0.25) is 0 Å². The first-order valence-electron chi connectivity index (χ1n) is 5.29. The Hall–Kier alpha value is -1.47. The van der Waals surface area contributed by atoms with Crippen molar-refractivity contribution in [2.24, 2.45) is 0 Å². The van der Waals surface area contributed by atoms with Crippen molar-refractivity contribution in [3.8, 4) is 16.9 Å². The molecule has 0 heterocycles.